The molecular formula is C23H33N3O2. The summed E-state index contributed by atoms with van der Waals surface area (Å²) in [6.45, 7) is 10.9. The van der Waals surface area contributed by atoms with Gasteiger partial charge >= 0.3 is 0 Å². The van der Waals surface area contributed by atoms with Crippen LogP contribution in [-0.2, 0) is 30.9 Å². The van der Waals surface area contributed by atoms with Gasteiger partial charge in [0.15, 0.2) is 0 Å². The molecule has 5 heteroatoms. The second-order valence-electron chi connectivity index (χ2n) is 8.22. The summed E-state index contributed by atoms with van der Waals surface area (Å²) in [4.78, 5) is 2.61. The van der Waals surface area contributed by atoms with Gasteiger partial charge in [0.25, 0.3) is 0 Å². The fourth-order valence-corrected chi connectivity index (χ4v) is 4.53. The third-order valence-corrected chi connectivity index (χ3v) is 5.84. The maximum Gasteiger partial charge on any atom is 0.119 e. The molecule has 2 aromatic rings. The number of piperidine rings is 1. The zero-order chi connectivity index (χ0) is 19.5. The lowest BCUT2D eigenvalue weighted by molar-refractivity contribution is 0.102. The van der Waals surface area contributed by atoms with Crippen molar-refractivity contribution in [1.82, 2.24) is 14.7 Å². The number of benzene rings is 1. The molecule has 5 nitrogen and oxygen atoms in total. The molecule has 152 valence electrons. The number of aryl methyl sites for hydroxylation is 1. The molecule has 2 aliphatic rings. The average Bonchev–Trinajstić information content (AvgIpc) is 3.08. The number of hydrogen-bond donors (Lipinski definition) is 0. The van der Waals surface area contributed by atoms with Gasteiger partial charge in [-0.05, 0) is 57.9 Å². The van der Waals surface area contributed by atoms with Crippen molar-refractivity contribution in [2.24, 2.45) is 0 Å². The average molecular weight is 384 g/mol. The Hall–Kier alpha value is -1.85. The van der Waals surface area contributed by atoms with E-state index in [4.69, 9.17) is 14.6 Å². The summed E-state index contributed by atoms with van der Waals surface area (Å²) in [5.74, 6) is 0.946. The Balaban J connectivity index is 1.55. The first-order valence-corrected chi connectivity index (χ1v) is 10.8. The van der Waals surface area contributed by atoms with E-state index in [1.54, 1.807) is 0 Å². The molecule has 2 aliphatic heterocycles. The topological polar surface area (TPSA) is 39.5 Å². The van der Waals surface area contributed by atoms with Gasteiger partial charge in [0, 0.05) is 30.8 Å². The van der Waals surface area contributed by atoms with Gasteiger partial charge in [-0.25, -0.2) is 0 Å². The fourth-order valence-electron chi connectivity index (χ4n) is 4.53. The number of fused-ring (bicyclic) bond motifs is 1. The molecule has 28 heavy (non-hydrogen) atoms. The minimum Gasteiger partial charge on any atom is -0.491 e. The Bertz CT molecular complexity index is 782. The second-order valence-corrected chi connectivity index (χ2v) is 8.22. The van der Waals surface area contributed by atoms with E-state index < -0.39 is 0 Å². The Labute approximate surface area is 168 Å². The van der Waals surface area contributed by atoms with Gasteiger partial charge in [0.05, 0.1) is 31.1 Å². The lowest BCUT2D eigenvalue weighted by Gasteiger charge is -2.35. The highest BCUT2D eigenvalue weighted by Crippen LogP contribution is 2.36. The number of nitrogens with zero attached hydrogens (tertiary/aromatic N) is 3. The molecule has 0 radical (unpaired) electrons. The van der Waals surface area contributed by atoms with Crippen LogP contribution in [0.25, 0.3) is 0 Å². The quantitative estimate of drug-likeness (QED) is 0.737. The molecule has 1 aromatic carbocycles. The molecule has 0 saturated carbocycles. The summed E-state index contributed by atoms with van der Waals surface area (Å²) in [6.07, 6.45) is 4.91. The van der Waals surface area contributed by atoms with Crippen LogP contribution in [0.5, 0.6) is 5.75 Å². The first kappa shape index (κ1) is 19.5. The van der Waals surface area contributed by atoms with Crippen molar-refractivity contribution in [3.8, 4) is 5.75 Å². The van der Waals surface area contributed by atoms with Crippen LogP contribution in [0.2, 0.25) is 0 Å². The number of aromatic nitrogens is 2. The monoisotopic (exact) mass is 383 g/mol. The number of ether oxygens (including phenoxy) is 2. The van der Waals surface area contributed by atoms with E-state index in [2.05, 4.69) is 54.6 Å². The van der Waals surface area contributed by atoms with E-state index in [0.29, 0.717) is 6.04 Å². The van der Waals surface area contributed by atoms with Crippen LogP contribution < -0.4 is 4.74 Å². The van der Waals surface area contributed by atoms with Crippen LogP contribution in [0.4, 0.5) is 0 Å². The maximum atomic E-state index is 5.80. The SMILES string of the molecule is CCn1nc(C2CCCCN2Cc2ccc(OC(C)C)cc2)c2c1CCOC2. The molecule has 1 fully saturated rings. The summed E-state index contributed by atoms with van der Waals surface area (Å²) >= 11 is 0. The second kappa shape index (κ2) is 8.66. The summed E-state index contributed by atoms with van der Waals surface area (Å²) in [7, 11) is 0. The van der Waals surface area contributed by atoms with Gasteiger partial charge in [0.1, 0.15) is 5.75 Å². The molecule has 0 bridgehead atoms. The minimum atomic E-state index is 0.208. The number of hydrogen-bond acceptors (Lipinski definition) is 4. The third-order valence-electron chi connectivity index (χ3n) is 5.84. The highest BCUT2D eigenvalue weighted by Gasteiger charge is 2.31. The van der Waals surface area contributed by atoms with Crippen LogP contribution in [0.3, 0.4) is 0 Å². The van der Waals surface area contributed by atoms with Crippen LogP contribution in [-0.4, -0.2) is 33.9 Å². The van der Waals surface area contributed by atoms with Crippen LogP contribution in [0.1, 0.15) is 68.6 Å². The van der Waals surface area contributed by atoms with Crippen molar-refractivity contribution in [2.75, 3.05) is 13.2 Å². The molecule has 3 heterocycles. The highest BCUT2D eigenvalue weighted by molar-refractivity contribution is 5.31. The highest BCUT2D eigenvalue weighted by atomic mass is 16.5. The maximum absolute atomic E-state index is 5.80. The zero-order valence-corrected chi connectivity index (χ0v) is 17.5. The largest absolute Gasteiger partial charge is 0.491 e. The Kier molecular flexibility index (Phi) is 6.02. The van der Waals surface area contributed by atoms with Gasteiger partial charge < -0.3 is 9.47 Å². The molecule has 0 aliphatic carbocycles. The van der Waals surface area contributed by atoms with E-state index in [0.717, 1.165) is 45.0 Å². The normalized spacial score (nSPS) is 20.4. The number of likely N-dealkylation sites (tertiary alicyclic amines) is 1. The Morgan fingerprint density at radius 3 is 2.79 bits per heavy atom. The summed E-state index contributed by atoms with van der Waals surface area (Å²) in [5.41, 5.74) is 5.34. The van der Waals surface area contributed by atoms with Crippen LogP contribution in [0.15, 0.2) is 24.3 Å². The number of rotatable bonds is 6. The molecule has 1 unspecified atom stereocenters. The first-order chi connectivity index (χ1) is 13.7. The van der Waals surface area contributed by atoms with Crippen molar-refractivity contribution in [3.05, 3.63) is 46.8 Å². The summed E-state index contributed by atoms with van der Waals surface area (Å²) < 4.78 is 13.8. The van der Waals surface area contributed by atoms with E-state index in [1.807, 2.05) is 0 Å². The summed E-state index contributed by atoms with van der Waals surface area (Å²) in [5, 5.41) is 5.05. The van der Waals surface area contributed by atoms with E-state index in [-0.39, 0.29) is 6.10 Å². The van der Waals surface area contributed by atoms with Gasteiger partial charge in [-0.2, -0.15) is 5.10 Å². The smallest absolute Gasteiger partial charge is 0.119 e. The van der Waals surface area contributed by atoms with Crippen molar-refractivity contribution < 1.29 is 9.47 Å². The third kappa shape index (κ3) is 4.11. The zero-order valence-electron chi connectivity index (χ0n) is 17.5. The van der Waals surface area contributed by atoms with Gasteiger partial charge in [-0.15, -0.1) is 0 Å². The first-order valence-electron chi connectivity index (χ1n) is 10.8. The molecule has 4 rings (SSSR count). The molecule has 0 N–H and O–H groups in total. The van der Waals surface area contributed by atoms with E-state index in [9.17, 15) is 0 Å². The predicted octanol–water partition coefficient (Wildman–Crippen LogP) is 4.49. The van der Waals surface area contributed by atoms with Crippen molar-refractivity contribution >= 4 is 0 Å². The minimum absolute atomic E-state index is 0.208. The summed E-state index contributed by atoms with van der Waals surface area (Å²) in [6, 6.07) is 8.98. The molecule has 0 amide bonds. The van der Waals surface area contributed by atoms with E-state index in [1.165, 1.54) is 41.8 Å². The Morgan fingerprint density at radius 2 is 2.04 bits per heavy atom. The molecule has 1 saturated heterocycles. The standard InChI is InChI=1S/C23H33N3O2/c1-4-26-21-12-14-27-16-20(21)23(24-26)22-7-5-6-13-25(22)15-18-8-10-19(11-9-18)28-17(2)3/h8-11,17,22H,4-7,12-16H2,1-3H3. The van der Waals surface area contributed by atoms with Gasteiger partial charge in [-0.3, -0.25) is 9.58 Å². The van der Waals surface area contributed by atoms with Gasteiger partial charge in [-0.1, -0.05) is 18.6 Å². The molecule has 1 aromatic heterocycles. The van der Waals surface area contributed by atoms with Crippen molar-refractivity contribution in [3.63, 3.8) is 0 Å². The molecule has 0 spiro atoms. The lowest BCUT2D eigenvalue weighted by Crippen LogP contribution is -2.34. The molecular weight excluding hydrogens is 350 g/mol. The lowest BCUT2D eigenvalue weighted by atomic mass is 9.95. The molecule has 1 atom stereocenters. The Morgan fingerprint density at radius 1 is 1.21 bits per heavy atom. The van der Waals surface area contributed by atoms with E-state index >= 15 is 0 Å². The van der Waals surface area contributed by atoms with Crippen molar-refractivity contribution in [2.45, 2.75) is 78.3 Å². The van der Waals surface area contributed by atoms with Crippen LogP contribution >= 0.6 is 0 Å². The van der Waals surface area contributed by atoms with Crippen LogP contribution in [0, 0.1) is 0 Å². The van der Waals surface area contributed by atoms with Crippen molar-refractivity contribution in [1.29, 1.82) is 0 Å². The fraction of sp³-hybridized carbons (Fsp3) is 0.609. The van der Waals surface area contributed by atoms with Gasteiger partial charge in [0.2, 0.25) is 0 Å². The predicted molar refractivity (Wildman–Crippen MR) is 110 cm³/mol.